The molecule has 0 radical (unpaired) electrons. The minimum Gasteiger partial charge on any atom is -0.326 e. The standard InChI is InChI=1S/C27H26N4O3S/c1-18(21-12-14-24(15-13-21)28-19(2)32)29-30-26(34)22-8-10-23(11-9-22)27-31(25(33)17-35-27)16-20-6-4-3-5-7-20/h3-15,27H,16-17H2,1-2H3,(H,28,32)(H,30,34)/b29-18-/t27-/m0/s1. The van der Waals surface area contributed by atoms with Gasteiger partial charge in [-0.2, -0.15) is 5.10 Å². The highest BCUT2D eigenvalue weighted by Crippen LogP contribution is 2.39. The summed E-state index contributed by atoms with van der Waals surface area (Å²) in [6.07, 6.45) is 0. The van der Waals surface area contributed by atoms with Gasteiger partial charge in [-0.25, -0.2) is 5.43 Å². The first-order chi connectivity index (χ1) is 16.9. The Morgan fingerprint density at radius 2 is 1.60 bits per heavy atom. The lowest BCUT2D eigenvalue weighted by molar-refractivity contribution is -0.128. The van der Waals surface area contributed by atoms with Crippen LogP contribution in [0.15, 0.2) is 84.0 Å². The van der Waals surface area contributed by atoms with Crippen LogP contribution in [0.2, 0.25) is 0 Å². The molecule has 8 heteroatoms. The van der Waals surface area contributed by atoms with E-state index in [9.17, 15) is 14.4 Å². The van der Waals surface area contributed by atoms with Crippen molar-refractivity contribution >= 4 is 40.9 Å². The molecule has 2 N–H and O–H groups in total. The second-order valence-electron chi connectivity index (χ2n) is 8.19. The van der Waals surface area contributed by atoms with E-state index in [2.05, 4.69) is 15.8 Å². The largest absolute Gasteiger partial charge is 0.326 e. The Kier molecular flexibility index (Phi) is 7.62. The summed E-state index contributed by atoms with van der Waals surface area (Å²) in [5.41, 5.74) is 7.30. The van der Waals surface area contributed by atoms with Crippen molar-refractivity contribution < 1.29 is 14.4 Å². The number of anilines is 1. The minimum atomic E-state index is -0.318. The summed E-state index contributed by atoms with van der Waals surface area (Å²) in [6.45, 7) is 3.81. The number of hydrazone groups is 1. The van der Waals surface area contributed by atoms with E-state index in [1.165, 1.54) is 6.92 Å². The molecular weight excluding hydrogens is 460 g/mol. The normalized spacial score (nSPS) is 15.7. The molecule has 3 aromatic carbocycles. The number of benzene rings is 3. The molecule has 0 aliphatic carbocycles. The second kappa shape index (κ2) is 11.0. The molecule has 1 atom stereocenters. The number of nitrogens with zero attached hydrogens (tertiary/aromatic N) is 2. The van der Waals surface area contributed by atoms with E-state index < -0.39 is 0 Å². The summed E-state index contributed by atoms with van der Waals surface area (Å²) in [6, 6.07) is 24.4. The lowest BCUT2D eigenvalue weighted by Crippen LogP contribution is -2.27. The Hall–Kier alpha value is -3.91. The number of carbonyl (C=O) groups is 3. The van der Waals surface area contributed by atoms with Crippen LogP contribution in [0, 0.1) is 0 Å². The zero-order valence-corrected chi connectivity index (χ0v) is 20.3. The summed E-state index contributed by atoms with van der Waals surface area (Å²) in [5, 5.41) is 6.83. The molecule has 0 aromatic heterocycles. The first-order valence-electron chi connectivity index (χ1n) is 11.2. The highest BCUT2D eigenvalue weighted by Gasteiger charge is 2.32. The van der Waals surface area contributed by atoms with Crippen molar-refractivity contribution in [1.82, 2.24) is 10.3 Å². The van der Waals surface area contributed by atoms with Gasteiger partial charge in [0, 0.05) is 24.7 Å². The minimum absolute atomic E-state index is 0.0828. The molecular formula is C27H26N4O3S. The Labute approximate surface area is 208 Å². The van der Waals surface area contributed by atoms with Crippen LogP contribution >= 0.6 is 11.8 Å². The third kappa shape index (κ3) is 6.16. The van der Waals surface area contributed by atoms with Crippen molar-refractivity contribution in [3.63, 3.8) is 0 Å². The monoisotopic (exact) mass is 486 g/mol. The predicted octanol–water partition coefficient (Wildman–Crippen LogP) is 4.57. The highest BCUT2D eigenvalue weighted by molar-refractivity contribution is 8.00. The third-order valence-corrected chi connectivity index (χ3v) is 6.83. The fraction of sp³-hybridized carbons (Fsp3) is 0.185. The van der Waals surface area contributed by atoms with E-state index in [4.69, 9.17) is 0 Å². The second-order valence-corrected chi connectivity index (χ2v) is 9.26. The highest BCUT2D eigenvalue weighted by atomic mass is 32.2. The summed E-state index contributed by atoms with van der Waals surface area (Å²) in [4.78, 5) is 38.1. The van der Waals surface area contributed by atoms with Gasteiger partial charge in [-0.05, 0) is 47.9 Å². The number of hydrogen-bond acceptors (Lipinski definition) is 5. The first-order valence-corrected chi connectivity index (χ1v) is 12.2. The van der Waals surface area contributed by atoms with Crippen molar-refractivity contribution in [3.05, 3.63) is 101 Å². The topological polar surface area (TPSA) is 90.9 Å². The molecule has 3 amide bonds. The fourth-order valence-corrected chi connectivity index (χ4v) is 4.93. The Morgan fingerprint density at radius 1 is 0.943 bits per heavy atom. The molecule has 7 nitrogen and oxygen atoms in total. The van der Waals surface area contributed by atoms with E-state index >= 15 is 0 Å². The van der Waals surface area contributed by atoms with E-state index in [-0.39, 0.29) is 23.1 Å². The molecule has 3 aromatic rings. The van der Waals surface area contributed by atoms with Gasteiger partial charge < -0.3 is 10.2 Å². The molecule has 0 bridgehead atoms. The fourth-order valence-electron chi connectivity index (χ4n) is 3.74. The van der Waals surface area contributed by atoms with Crippen LogP contribution in [-0.2, 0) is 16.1 Å². The summed E-state index contributed by atoms with van der Waals surface area (Å²) in [5.74, 6) is 0.102. The van der Waals surface area contributed by atoms with Gasteiger partial charge in [0.1, 0.15) is 5.37 Å². The average molecular weight is 487 g/mol. The number of nitrogens with one attached hydrogen (secondary N) is 2. The lowest BCUT2D eigenvalue weighted by Gasteiger charge is -2.24. The molecule has 1 heterocycles. The molecule has 1 aliphatic heterocycles. The number of hydrogen-bond donors (Lipinski definition) is 2. The van der Waals surface area contributed by atoms with Crippen molar-refractivity contribution in [2.24, 2.45) is 5.10 Å². The van der Waals surface area contributed by atoms with Crippen LogP contribution in [0.5, 0.6) is 0 Å². The van der Waals surface area contributed by atoms with Gasteiger partial charge in [-0.1, -0.05) is 54.6 Å². The van der Waals surface area contributed by atoms with Gasteiger partial charge in [0.25, 0.3) is 5.91 Å². The molecule has 35 heavy (non-hydrogen) atoms. The van der Waals surface area contributed by atoms with Gasteiger partial charge in [0.15, 0.2) is 0 Å². The van der Waals surface area contributed by atoms with Crippen molar-refractivity contribution in [2.45, 2.75) is 25.8 Å². The molecule has 1 fully saturated rings. The first kappa shape index (κ1) is 24.2. The molecule has 1 saturated heterocycles. The molecule has 0 spiro atoms. The van der Waals surface area contributed by atoms with Gasteiger partial charge in [0.05, 0.1) is 11.5 Å². The van der Waals surface area contributed by atoms with Crippen LogP contribution in [0.3, 0.4) is 0 Å². The van der Waals surface area contributed by atoms with E-state index in [1.54, 1.807) is 43.0 Å². The SMILES string of the molecule is CC(=O)Nc1ccc(/C(C)=N\NC(=O)c2ccc([C@@H]3SCC(=O)N3Cc3ccccc3)cc2)cc1. The Morgan fingerprint density at radius 3 is 2.26 bits per heavy atom. The molecule has 0 unspecified atom stereocenters. The zero-order valence-electron chi connectivity index (χ0n) is 19.5. The van der Waals surface area contributed by atoms with Crippen LogP contribution < -0.4 is 10.7 Å². The predicted molar refractivity (Wildman–Crippen MR) is 139 cm³/mol. The maximum Gasteiger partial charge on any atom is 0.271 e. The Bertz CT molecular complexity index is 1240. The molecule has 0 saturated carbocycles. The summed E-state index contributed by atoms with van der Waals surface area (Å²) < 4.78 is 0. The number of carbonyl (C=O) groups excluding carboxylic acids is 3. The van der Waals surface area contributed by atoms with E-state index in [0.29, 0.717) is 29.3 Å². The van der Waals surface area contributed by atoms with Crippen molar-refractivity contribution in [3.8, 4) is 0 Å². The van der Waals surface area contributed by atoms with Crippen LogP contribution in [0.1, 0.15) is 46.3 Å². The summed E-state index contributed by atoms with van der Waals surface area (Å²) >= 11 is 1.59. The molecule has 1 aliphatic rings. The van der Waals surface area contributed by atoms with Crippen LogP contribution in [0.4, 0.5) is 5.69 Å². The maximum absolute atomic E-state index is 12.6. The molecule has 178 valence electrons. The van der Waals surface area contributed by atoms with Crippen molar-refractivity contribution in [1.29, 1.82) is 0 Å². The zero-order chi connectivity index (χ0) is 24.8. The van der Waals surface area contributed by atoms with Gasteiger partial charge in [0.2, 0.25) is 11.8 Å². The average Bonchev–Trinajstić information content (AvgIpc) is 3.23. The van der Waals surface area contributed by atoms with Gasteiger partial charge in [-0.15, -0.1) is 11.8 Å². The van der Waals surface area contributed by atoms with E-state index in [1.807, 2.05) is 59.5 Å². The smallest absolute Gasteiger partial charge is 0.271 e. The van der Waals surface area contributed by atoms with Gasteiger partial charge >= 0.3 is 0 Å². The maximum atomic E-state index is 12.6. The van der Waals surface area contributed by atoms with Crippen molar-refractivity contribution in [2.75, 3.05) is 11.1 Å². The third-order valence-electron chi connectivity index (χ3n) is 5.57. The number of amides is 3. The van der Waals surface area contributed by atoms with E-state index in [0.717, 1.165) is 16.7 Å². The van der Waals surface area contributed by atoms with Crippen LogP contribution in [-0.4, -0.2) is 34.1 Å². The molecule has 4 rings (SSSR count). The van der Waals surface area contributed by atoms with Gasteiger partial charge in [-0.3, -0.25) is 14.4 Å². The number of rotatable bonds is 7. The quantitative estimate of drug-likeness (QED) is 0.378. The lowest BCUT2D eigenvalue weighted by atomic mass is 10.1. The number of thioether (sulfide) groups is 1. The summed E-state index contributed by atoms with van der Waals surface area (Å²) in [7, 11) is 0. The van der Waals surface area contributed by atoms with Crippen LogP contribution in [0.25, 0.3) is 0 Å². The Balaban J connectivity index is 1.39.